The highest BCUT2D eigenvalue weighted by molar-refractivity contribution is 5.86. The maximum absolute atomic E-state index is 15.4. The van der Waals surface area contributed by atoms with Gasteiger partial charge in [0.2, 0.25) is 0 Å². The van der Waals surface area contributed by atoms with Crippen LogP contribution in [0.3, 0.4) is 0 Å². The van der Waals surface area contributed by atoms with Crippen LogP contribution in [0.25, 0.3) is 22.3 Å². The summed E-state index contributed by atoms with van der Waals surface area (Å²) in [6.45, 7) is 5.06. The van der Waals surface area contributed by atoms with Crippen molar-refractivity contribution >= 4 is 0 Å². The summed E-state index contributed by atoms with van der Waals surface area (Å²) >= 11 is 0. The predicted molar refractivity (Wildman–Crippen MR) is 160 cm³/mol. The van der Waals surface area contributed by atoms with Gasteiger partial charge in [-0.25, -0.2) is 4.39 Å². The molecular weight excluding hydrogens is 528 g/mol. The number of hydrogen-bond acceptors (Lipinski definition) is 2. The number of alkyl halides is 3. The molecule has 0 fully saturated rings. The van der Waals surface area contributed by atoms with Gasteiger partial charge in [-0.15, -0.1) is 0 Å². The Hall–Kier alpha value is -3.02. The van der Waals surface area contributed by atoms with E-state index in [4.69, 9.17) is 9.47 Å². The van der Waals surface area contributed by atoms with Crippen LogP contribution < -0.4 is 9.47 Å². The number of unbranched alkanes of at least 4 members (excludes halogenated alkanes) is 10. The average molecular weight is 573 g/mol. The van der Waals surface area contributed by atoms with E-state index in [0.717, 1.165) is 44.9 Å². The number of ether oxygens (including phenoxy) is 2. The van der Waals surface area contributed by atoms with Gasteiger partial charge in [0.1, 0.15) is 22.9 Å². The fourth-order valence-corrected chi connectivity index (χ4v) is 5.08. The van der Waals surface area contributed by atoms with E-state index < -0.39 is 17.6 Å². The molecule has 0 saturated carbocycles. The lowest BCUT2D eigenvalue weighted by Gasteiger charge is -2.20. The zero-order valence-electron chi connectivity index (χ0n) is 24.5. The third-order valence-corrected chi connectivity index (χ3v) is 7.26. The van der Waals surface area contributed by atoms with Gasteiger partial charge in [-0.05, 0) is 48.2 Å². The Morgan fingerprint density at radius 2 is 1.17 bits per heavy atom. The van der Waals surface area contributed by atoms with Gasteiger partial charge in [0.05, 0.1) is 13.2 Å². The Morgan fingerprint density at radius 3 is 1.83 bits per heavy atom. The summed E-state index contributed by atoms with van der Waals surface area (Å²) in [5.74, 6) is -0.383. The third kappa shape index (κ3) is 10.1. The van der Waals surface area contributed by atoms with E-state index in [1.807, 2.05) is 6.07 Å². The third-order valence-electron chi connectivity index (χ3n) is 7.26. The number of rotatable bonds is 18. The van der Waals surface area contributed by atoms with Gasteiger partial charge in [-0.3, -0.25) is 0 Å². The van der Waals surface area contributed by atoms with Gasteiger partial charge in [-0.2, -0.15) is 13.2 Å². The maximum atomic E-state index is 15.4. The van der Waals surface area contributed by atoms with Crippen molar-refractivity contribution in [1.82, 2.24) is 0 Å². The van der Waals surface area contributed by atoms with Gasteiger partial charge < -0.3 is 9.47 Å². The van der Waals surface area contributed by atoms with E-state index >= 15 is 4.39 Å². The second kappa shape index (κ2) is 17.1. The lowest BCUT2D eigenvalue weighted by Crippen LogP contribution is -2.12. The molecule has 0 aliphatic heterocycles. The van der Waals surface area contributed by atoms with Crippen LogP contribution in [0.15, 0.2) is 60.7 Å². The van der Waals surface area contributed by atoms with Crippen LogP contribution in [0.1, 0.15) is 96.5 Å². The van der Waals surface area contributed by atoms with Crippen LogP contribution in [-0.4, -0.2) is 13.2 Å². The lowest BCUT2D eigenvalue weighted by atomic mass is 9.90. The van der Waals surface area contributed by atoms with Crippen LogP contribution in [-0.2, 0) is 6.18 Å². The Morgan fingerprint density at radius 1 is 0.610 bits per heavy atom. The molecule has 0 N–H and O–H groups in total. The molecule has 0 bridgehead atoms. The number of hydrogen-bond donors (Lipinski definition) is 0. The van der Waals surface area contributed by atoms with Gasteiger partial charge in [-0.1, -0.05) is 114 Å². The second-order valence-corrected chi connectivity index (χ2v) is 10.6. The van der Waals surface area contributed by atoms with Crippen LogP contribution in [0.4, 0.5) is 17.6 Å². The first-order valence-corrected chi connectivity index (χ1v) is 15.2. The molecule has 0 spiro atoms. The first-order valence-electron chi connectivity index (χ1n) is 15.2. The van der Waals surface area contributed by atoms with E-state index in [2.05, 4.69) is 13.8 Å². The molecule has 0 unspecified atom stereocenters. The summed E-state index contributed by atoms with van der Waals surface area (Å²) in [5, 5.41) is 0. The summed E-state index contributed by atoms with van der Waals surface area (Å²) in [4.78, 5) is 0. The molecular formula is C35H44F4O2. The van der Waals surface area contributed by atoms with Crippen molar-refractivity contribution in [3.05, 3.63) is 72.0 Å². The van der Waals surface area contributed by atoms with Gasteiger partial charge >= 0.3 is 6.18 Å². The summed E-state index contributed by atoms with van der Waals surface area (Å²) in [7, 11) is 0. The van der Waals surface area contributed by atoms with E-state index in [1.54, 1.807) is 24.3 Å². The zero-order valence-corrected chi connectivity index (χ0v) is 24.5. The fourth-order valence-electron chi connectivity index (χ4n) is 5.08. The molecule has 3 aromatic rings. The van der Waals surface area contributed by atoms with E-state index in [0.29, 0.717) is 29.9 Å². The van der Waals surface area contributed by atoms with Gasteiger partial charge in [0.15, 0.2) is 0 Å². The second-order valence-electron chi connectivity index (χ2n) is 10.6. The first-order chi connectivity index (χ1) is 19.9. The molecule has 3 aromatic carbocycles. The number of benzene rings is 3. The molecule has 0 atom stereocenters. The van der Waals surface area contributed by atoms with Crippen molar-refractivity contribution in [3.63, 3.8) is 0 Å². The minimum absolute atomic E-state index is 0.0992. The van der Waals surface area contributed by atoms with Gasteiger partial charge in [0, 0.05) is 11.1 Å². The molecule has 224 valence electrons. The Balaban J connectivity index is 1.84. The molecule has 0 aliphatic rings. The van der Waals surface area contributed by atoms with Crippen molar-refractivity contribution in [3.8, 4) is 33.8 Å². The maximum Gasteiger partial charge on any atom is 0.420 e. The predicted octanol–water partition coefficient (Wildman–Crippen LogP) is 11.7. The number of halogens is 4. The smallest absolute Gasteiger partial charge is 0.420 e. The molecule has 0 saturated heterocycles. The summed E-state index contributed by atoms with van der Waals surface area (Å²) in [5.41, 5.74) is -0.324. The van der Waals surface area contributed by atoms with E-state index in [-0.39, 0.29) is 23.5 Å². The SMILES string of the molecule is CCCCCCCCOc1cccc(-c2cccc(F)c2-c2cccc(OCCCCCCCC)c2C(F)(F)F)c1. The average Bonchev–Trinajstić information content (AvgIpc) is 2.95. The fraction of sp³-hybridized carbons (Fsp3) is 0.486. The van der Waals surface area contributed by atoms with Crippen LogP contribution >= 0.6 is 0 Å². The highest BCUT2D eigenvalue weighted by atomic mass is 19.4. The summed E-state index contributed by atoms with van der Waals surface area (Å²) in [6.07, 6.45) is 8.12. The Kier molecular flexibility index (Phi) is 13.5. The molecule has 41 heavy (non-hydrogen) atoms. The minimum Gasteiger partial charge on any atom is -0.494 e. The molecule has 0 amide bonds. The van der Waals surface area contributed by atoms with Crippen molar-refractivity contribution in [2.75, 3.05) is 13.2 Å². The van der Waals surface area contributed by atoms with Crippen LogP contribution in [0.5, 0.6) is 11.5 Å². The standard InChI is InChI=1S/C35H44F4O2/c1-3-5-7-9-11-13-24-40-28-19-15-18-27(26-28)29-20-16-22-31(36)33(29)30-21-17-23-32(34(30)35(37,38)39)41-25-14-12-10-8-6-4-2/h15-23,26H,3-14,24-25H2,1-2H3. The topological polar surface area (TPSA) is 18.5 Å². The normalized spacial score (nSPS) is 11.6. The molecule has 0 heterocycles. The molecule has 6 heteroatoms. The molecule has 0 aromatic heterocycles. The minimum atomic E-state index is -4.73. The Bertz CT molecular complexity index is 1190. The summed E-state index contributed by atoms with van der Waals surface area (Å²) < 4.78 is 70.5. The zero-order chi connectivity index (χ0) is 29.5. The molecule has 0 aliphatic carbocycles. The van der Waals surface area contributed by atoms with Crippen molar-refractivity contribution in [1.29, 1.82) is 0 Å². The van der Waals surface area contributed by atoms with Crippen LogP contribution in [0, 0.1) is 5.82 Å². The molecule has 3 rings (SSSR count). The Labute approximate surface area is 243 Å². The summed E-state index contributed by atoms with van der Waals surface area (Å²) in [6, 6.07) is 15.6. The quantitative estimate of drug-likeness (QED) is 0.111. The first kappa shape index (κ1) is 32.5. The lowest BCUT2D eigenvalue weighted by molar-refractivity contribution is -0.138. The monoisotopic (exact) mass is 572 g/mol. The largest absolute Gasteiger partial charge is 0.494 e. The van der Waals surface area contributed by atoms with Crippen molar-refractivity contribution < 1.29 is 27.0 Å². The highest BCUT2D eigenvalue weighted by Crippen LogP contribution is 2.46. The van der Waals surface area contributed by atoms with Gasteiger partial charge in [0.25, 0.3) is 0 Å². The van der Waals surface area contributed by atoms with Crippen molar-refractivity contribution in [2.24, 2.45) is 0 Å². The van der Waals surface area contributed by atoms with Crippen molar-refractivity contribution in [2.45, 2.75) is 97.1 Å². The van der Waals surface area contributed by atoms with E-state index in [1.165, 1.54) is 56.0 Å². The van der Waals surface area contributed by atoms with E-state index in [9.17, 15) is 13.2 Å². The molecule has 0 radical (unpaired) electrons. The molecule has 2 nitrogen and oxygen atoms in total. The van der Waals surface area contributed by atoms with Crippen LogP contribution in [0.2, 0.25) is 0 Å². The highest BCUT2D eigenvalue weighted by Gasteiger charge is 2.38.